The van der Waals surface area contributed by atoms with Gasteiger partial charge in [-0.05, 0) is 50.1 Å². The number of nitrogens with one attached hydrogen (secondary N) is 1. The van der Waals surface area contributed by atoms with E-state index in [9.17, 15) is 5.11 Å². The smallest absolute Gasteiger partial charge is 0.0636 e. The lowest BCUT2D eigenvalue weighted by Crippen LogP contribution is -2.31. The average Bonchev–Trinajstić information content (AvgIpc) is 2.78. The molecule has 1 aromatic carbocycles. The van der Waals surface area contributed by atoms with Crippen LogP contribution >= 0.6 is 15.9 Å². The lowest BCUT2D eigenvalue weighted by Gasteiger charge is -2.19. The molecule has 1 unspecified atom stereocenters. The van der Waals surface area contributed by atoms with Gasteiger partial charge in [0.2, 0.25) is 0 Å². The number of anilines is 1. The Kier molecular flexibility index (Phi) is 5.03. The molecule has 0 saturated carbocycles. The van der Waals surface area contributed by atoms with Gasteiger partial charge in [0, 0.05) is 29.8 Å². The van der Waals surface area contributed by atoms with Gasteiger partial charge < -0.3 is 15.3 Å². The van der Waals surface area contributed by atoms with Gasteiger partial charge in [0.25, 0.3) is 0 Å². The maximum Gasteiger partial charge on any atom is 0.0636 e. The van der Waals surface area contributed by atoms with E-state index in [1.54, 1.807) is 0 Å². The van der Waals surface area contributed by atoms with E-state index >= 15 is 0 Å². The Balaban J connectivity index is 1.79. The van der Waals surface area contributed by atoms with Gasteiger partial charge in [-0.1, -0.05) is 15.9 Å². The lowest BCUT2D eigenvalue weighted by molar-refractivity contribution is 0.189. The molecule has 100 valence electrons. The molecule has 3 nitrogen and oxygen atoms in total. The summed E-state index contributed by atoms with van der Waals surface area (Å²) in [4.78, 5) is 2.43. The monoisotopic (exact) mass is 312 g/mol. The third-order valence-electron chi connectivity index (χ3n) is 3.35. The molecule has 1 saturated heterocycles. The van der Waals surface area contributed by atoms with Crippen molar-refractivity contribution in [1.29, 1.82) is 0 Å². The van der Waals surface area contributed by atoms with Crippen LogP contribution in [0.15, 0.2) is 28.7 Å². The Morgan fingerprint density at radius 1 is 1.44 bits per heavy atom. The third-order valence-corrected chi connectivity index (χ3v) is 3.88. The molecule has 2 rings (SSSR count). The van der Waals surface area contributed by atoms with Gasteiger partial charge in [-0.15, -0.1) is 0 Å². The fourth-order valence-corrected chi connectivity index (χ4v) is 2.65. The minimum atomic E-state index is -0.256. The number of nitrogens with zero attached hydrogens (tertiary/aromatic N) is 1. The van der Waals surface area contributed by atoms with Crippen molar-refractivity contribution in [2.45, 2.75) is 19.4 Å². The maximum atomic E-state index is 9.20. The standard InChI is InChI=1S/C14H21BrN2O/c1-11(18)8-16-9-12-6-7-17(10-12)14-4-2-13(15)3-5-14/h2-5,11-12,16,18H,6-10H2,1H3/t11-,12?/m1/s1. The summed E-state index contributed by atoms with van der Waals surface area (Å²) in [6.45, 7) is 5.74. The van der Waals surface area contributed by atoms with E-state index in [1.807, 2.05) is 6.92 Å². The molecule has 0 amide bonds. The van der Waals surface area contributed by atoms with Gasteiger partial charge in [-0.25, -0.2) is 0 Å². The van der Waals surface area contributed by atoms with Gasteiger partial charge in [0.1, 0.15) is 0 Å². The normalized spacial score (nSPS) is 21.3. The zero-order valence-electron chi connectivity index (χ0n) is 10.8. The largest absolute Gasteiger partial charge is 0.392 e. The highest BCUT2D eigenvalue weighted by Crippen LogP contribution is 2.24. The summed E-state index contributed by atoms with van der Waals surface area (Å²) >= 11 is 3.46. The molecule has 4 heteroatoms. The molecule has 0 spiro atoms. The van der Waals surface area contributed by atoms with Crippen LogP contribution in [0.5, 0.6) is 0 Å². The Morgan fingerprint density at radius 3 is 2.83 bits per heavy atom. The molecule has 0 radical (unpaired) electrons. The molecule has 0 aromatic heterocycles. The summed E-state index contributed by atoms with van der Waals surface area (Å²) in [7, 11) is 0. The maximum absolute atomic E-state index is 9.20. The molecule has 1 heterocycles. The van der Waals surface area contributed by atoms with Crippen molar-refractivity contribution in [2.24, 2.45) is 5.92 Å². The zero-order valence-corrected chi connectivity index (χ0v) is 12.4. The Hall–Kier alpha value is -0.580. The molecule has 0 bridgehead atoms. The summed E-state index contributed by atoms with van der Waals surface area (Å²) in [5.74, 6) is 0.687. The second kappa shape index (κ2) is 6.55. The van der Waals surface area contributed by atoms with Crippen LogP contribution in [0.2, 0.25) is 0 Å². The summed E-state index contributed by atoms with van der Waals surface area (Å²) < 4.78 is 1.13. The van der Waals surface area contributed by atoms with Crippen molar-refractivity contribution in [3.05, 3.63) is 28.7 Å². The first-order valence-electron chi connectivity index (χ1n) is 6.54. The van der Waals surface area contributed by atoms with Crippen molar-refractivity contribution in [2.75, 3.05) is 31.1 Å². The SMILES string of the molecule is C[C@@H](O)CNCC1CCN(c2ccc(Br)cc2)C1. The van der Waals surface area contributed by atoms with Crippen molar-refractivity contribution in [3.63, 3.8) is 0 Å². The van der Waals surface area contributed by atoms with Crippen LogP contribution in [-0.4, -0.2) is 37.4 Å². The van der Waals surface area contributed by atoms with E-state index in [2.05, 4.69) is 50.4 Å². The number of aliphatic hydroxyl groups excluding tert-OH is 1. The molecule has 0 aliphatic carbocycles. The highest BCUT2D eigenvalue weighted by molar-refractivity contribution is 9.10. The van der Waals surface area contributed by atoms with Gasteiger partial charge in [0.15, 0.2) is 0 Å². The Bertz CT molecular complexity index is 367. The van der Waals surface area contributed by atoms with Gasteiger partial charge in [-0.3, -0.25) is 0 Å². The van der Waals surface area contributed by atoms with E-state index in [1.165, 1.54) is 12.1 Å². The molecule has 1 fully saturated rings. The molecule has 1 aliphatic rings. The fourth-order valence-electron chi connectivity index (χ4n) is 2.38. The van der Waals surface area contributed by atoms with E-state index in [-0.39, 0.29) is 6.10 Å². The highest BCUT2D eigenvalue weighted by atomic mass is 79.9. The number of halogens is 1. The first-order chi connectivity index (χ1) is 8.65. The molecular weight excluding hydrogens is 292 g/mol. The van der Waals surface area contributed by atoms with Crippen molar-refractivity contribution >= 4 is 21.6 Å². The van der Waals surface area contributed by atoms with Crippen molar-refractivity contribution in [1.82, 2.24) is 5.32 Å². The van der Waals surface area contributed by atoms with Crippen LogP contribution in [-0.2, 0) is 0 Å². The van der Waals surface area contributed by atoms with E-state index in [0.717, 1.165) is 24.1 Å². The Labute approximate surface area is 117 Å². The second-order valence-electron chi connectivity index (χ2n) is 5.08. The molecule has 2 N–H and O–H groups in total. The predicted molar refractivity (Wildman–Crippen MR) is 79.0 cm³/mol. The average molecular weight is 313 g/mol. The summed E-state index contributed by atoms with van der Waals surface area (Å²) in [5.41, 5.74) is 1.30. The van der Waals surface area contributed by atoms with Gasteiger partial charge >= 0.3 is 0 Å². The highest BCUT2D eigenvalue weighted by Gasteiger charge is 2.22. The molecular formula is C14H21BrN2O. The predicted octanol–water partition coefficient (Wildman–Crippen LogP) is 2.25. The molecule has 18 heavy (non-hydrogen) atoms. The topological polar surface area (TPSA) is 35.5 Å². The van der Waals surface area contributed by atoms with E-state index < -0.39 is 0 Å². The van der Waals surface area contributed by atoms with Crippen LogP contribution in [0.4, 0.5) is 5.69 Å². The third kappa shape index (κ3) is 3.97. The number of hydrogen-bond acceptors (Lipinski definition) is 3. The summed E-state index contributed by atoms with van der Waals surface area (Å²) in [6, 6.07) is 8.51. The summed E-state index contributed by atoms with van der Waals surface area (Å²) in [6.07, 6.45) is 0.969. The van der Waals surface area contributed by atoms with Crippen molar-refractivity contribution in [3.8, 4) is 0 Å². The minimum absolute atomic E-state index is 0.256. The first-order valence-corrected chi connectivity index (χ1v) is 7.34. The molecule has 1 aromatic rings. The van der Waals surface area contributed by atoms with Gasteiger partial charge in [-0.2, -0.15) is 0 Å². The Morgan fingerprint density at radius 2 is 2.17 bits per heavy atom. The fraction of sp³-hybridized carbons (Fsp3) is 0.571. The number of benzene rings is 1. The van der Waals surface area contributed by atoms with Crippen LogP contribution in [0.25, 0.3) is 0 Å². The van der Waals surface area contributed by atoms with Crippen LogP contribution < -0.4 is 10.2 Å². The number of hydrogen-bond donors (Lipinski definition) is 2. The van der Waals surface area contributed by atoms with Crippen LogP contribution in [0, 0.1) is 5.92 Å². The minimum Gasteiger partial charge on any atom is -0.392 e. The van der Waals surface area contributed by atoms with E-state index in [4.69, 9.17) is 0 Å². The molecule has 1 aliphatic heterocycles. The second-order valence-corrected chi connectivity index (χ2v) is 6.00. The van der Waals surface area contributed by atoms with E-state index in [0.29, 0.717) is 12.5 Å². The van der Waals surface area contributed by atoms with Crippen molar-refractivity contribution < 1.29 is 5.11 Å². The van der Waals surface area contributed by atoms with Gasteiger partial charge in [0.05, 0.1) is 6.10 Å². The first kappa shape index (κ1) is 13.8. The van der Waals surface area contributed by atoms with Crippen LogP contribution in [0.1, 0.15) is 13.3 Å². The number of rotatable bonds is 5. The molecule has 2 atom stereocenters. The lowest BCUT2D eigenvalue weighted by atomic mass is 10.1. The van der Waals surface area contributed by atoms with Crippen LogP contribution in [0.3, 0.4) is 0 Å². The number of aliphatic hydroxyl groups is 1. The summed E-state index contributed by atoms with van der Waals surface area (Å²) in [5, 5.41) is 12.5. The zero-order chi connectivity index (χ0) is 13.0. The quantitative estimate of drug-likeness (QED) is 0.875.